The Balaban J connectivity index is -0.000000163. The van der Waals surface area contributed by atoms with E-state index in [9.17, 15) is 0 Å². The van der Waals surface area contributed by atoms with Crippen molar-refractivity contribution in [2.45, 2.75) is 19.8 Å². The summed E-state index contributed by atoms with van der Waals surface area (Å²) >= 11 is 0. The zero-order valence-electron chi connectivity index (χ0n) is 6.41. The van der Waals surface area contributed by atoms with Crippen LogP contribution in [0.5, 0.6) is 0 Å². The molecule has 0 saturated carbocycles. The van der Waals surface area contributed by atoms with Crippen LogP contribution in [0, 0.1) is 5.92 Å². The van der Waals surface area contributed by atoms with Crippen molar-refractivity contribution in [2.24, 2.45) is 5.92 Å². The summed E-state index contributed by atoms with van der Waals surface area (Å²) in [7, 11) is 0. The first kappa shape index (κ1) is 16.4. The van der Waals surface area contributed by atoms with Gasteiger partial charge in [0.2, 0.25) is 0 Å². The lowest BCUT2D eigenvalue weighted by molar-refractivity contribution is 0.402. The van der Waals surface area contributed by atoms with E-state index >= 15 is 0 Å². The summed E-state index contributed by atoms with van der Waals surface area (Å²) in [5, 5.41) is 3.32. The van der Waals surface area contributed by atoms with Crippen molar-refractivity contribution in [3.05, 3.63) is 0 Å². The normalized spacial score (nSPS) is 17.7. The third kappa shape index (κ3) is 5.97. The Labute approximate surface area is 61.6 Å². The van der Waals surface area contributed by atoms with Gasteiger partial charge in [-0.05, 0) is 31.8 Å². The molecule has 1 aliphatic rings. The van der Waals surface area contributed by atoms with Crippen LogP contribution in [0.25, 0.3) is 0 Å². The molecule has 1 saturated heterocycles. The van der Waals surface area contributed by atoms with E-state index in [0.29, 0.717) is 0 Å². The second kappa shape index (κ2) is 8.84. The third-order valence-electron chi connectivity index (χ3n) is 1.63. The Bertz CT molecular complexity index is 55.0. The second-order valence-corrected chi connectivity index (χ2v) is 2.43. The maximum absolute atomic E-state index is 3.32. The van der Waals surface area contributed by atoms with Gasteiger partial charge in [0.1, 0.15) is 0 Å². The van der Waals surface area contributed by atoms with Gasteiger partial charge in [-0.3, -0.25) is 0 Å². The SMILES string of the molecule is CC1CCNCC1.O.O.O. The van der Waals surface area contributed by atoms with Crippen LogP contribution < -0.4 is 5.32 Å². The van der Waals surface area contributed by atoms with Crippen LogP contribution in [0.15, 0.2) is 0 Å². The van der Waals surface area contributed by atoms with Crippen molar-refractivity contribution in [3.63, 3.8) is 0 Å². The van der Waals surface area contributed by atoms with Crippen LogP contribution in [0.2, 0.25) is 0 Å². The fourth-order valence-corrected chi connectivity index (χ4v) is 0.966. The van der Waals surface area contributed by atoms with Crippen LogP contribution in [-0.2, 0) is 0 Å². The first-order valence-electron chi connectivity index (χ1n) is 3.10. The molecule has 1 rings (SSSR count). The zero-order valence-corrected chi connectivity index (χ0v) is 6.41. The summed E-state index contributed by atoms with van der Waals surface area (Å²) in [6, 6.07) is 0. The molecule has 7 N–H and O–H groups in total. The fourth-order valence-electron chi connectivity index (χ4n) is 0.966. The Hall–Kier alpha value is -0.160. The lowest BCUT2D eigenvalue weighted by Crippen LogP contribution is -2.26. The molecule has 0 aromatic carbocycles. The van der Waals surface area contributed by atoms with E-state index in [2.05, 4.69) is 12.2 Å². The maximum Gasteiger partial charge on any atom is -0.00464 e. The number of hydrogen-bond donors (Lipinski definition) is 1. The van der Waals surface area contributed by atoms with Gasteiger partial charge in [-0.25, -0.2) is 0 Å². The van der Waals surface area contributed by atoms with Crippen molar-refractivity contribution < 1.29 is 16.4 Å². The Morgan fingerprint density at radius 3 is 1.60 bits per heavy atom. The number of nitrogens with one attached hydrogen (secondary N) is 1. The summed E-state index contributed by atoms with van der Waals surface area (Å²) in [6.07, 6.45) is 2.75. The topological polar surface area (TPSA) is 107 Å². The van der Waals surface area contributed by atoms with E-state index in [1.807, 2.05) is 0 Å². The summed E-state index contributed by atoms with van der Waals surface area (Å²) in [5.74, 6) is 0.973. The summed E-state index contributed by atoms with van der Waals surface area (Å²) in [5.41, 5.74) is 0. The Morgan fingerprint density at radius 2 is 1.40 bits per heavy atom. The Kier molecular flexibility index (Phi) is 14.5. The lowest BCUT2D eigenvalue weighted by atomic mass is 10.0. The van der Waals surface area contributed by atoms with Gasteiger partial charge >= 0.3 is 0 Å². The van der Waals surface area contributed by atoms with Gasteiger partial charge in [-0.15, -0.1) is 0 Å². The highest BCUT2D eigenvalue weighted by Crippen LogP contribution is 2.08. The molecule has 0 aliphatic carbocycles. The molecule has 4 nitrogen and oxygen atoms in total. The fraction of sp³-hybridized carbons (Fsp3) is 1.00. The van der Waals surface area contributed by atoms with Crippen LogP contribution in [0.3, 0.4) is 0 Å². The Morgan fingerprint density at radius 1 is 1.00 bits per heavy atom. The third-order valence-corrected chi connectivity index (χ3v) is 1.63. The van der Waals surface area contributed by atoms with Crippen LogP contribution >= 0.6 is 0 Å². The van der Waals surface area contributed by atoms with E-state index in [4.69, 9.17) is 0 Å². The second-order valence-electron chi connectivity index (χ2n) is 2.43. The van der Waals surface area contributed by atoms with Crippen LogP contribution in [-0.4, -0.2) is 29.5 Å². The lowest BCUT2D eigenvalue weighted by Gasteiger charge is -2.17. The predicted octanol–water partition coefficient (Wildman–Crippen LogP) is -1.47. The summed E-state index contributed by atoms with van der Waals surface area (Å²) < 4.78 is 0. The molecule has 0 radical (unpaired) electrons. The highest BCUT2D eigenvalue weighted by Gasteiger charge is 2.04. The molecule has 0 aromatic heterocycles. The molecular formula is C6H19NO3. The van der Waals surface area contributed by atoms with E-state index < -0.39 is 0 Å². The van der Waals surface area contributed by atoms with Crippen molar-refractivity contribution >= 4 is 0 Å². The van der Waals surface area contributed by atoms with Crippen molar-refractivity contribution in [1.82, 2.24) is 5.32 Å². The first-order valence-corrected chi connectivity index (χ1v) is 3.10. The molecule has 4 heteroatoms. The van der Waals surface area contributed by atoms with Crippen molar-refractivity contribution in [1.29, 1.82) is 0 Å². The summed E-state index contributed by atoms with van der Waals surface area (Å²) in [4.78, 5) is 0. The van der Waals surface area contributed by atoms with Crippen molar-refractivity contribution in [2.75, 3.05) is 13.1 Å². The maximum atomic E-state index is 3.32. The van der Waals surface area contributed by atoms with Gasteiger partial charge in [0.15, 0.2) is 0 Å². The van der Waals surface area contributed by atoms with Crippen LogP contribution in [0.1, 0.15) is 19.8 Å². The molecule has 1 fully saturated rings. The molecule has 10 heavy (non-hydrogen) atoms. The average molecular weight is 153 g/mol. The highest BCUT2D eigenvalue weighted by atomic mass is 16.0. The molecule has 0 aromatic rings. The first-order chi connectivity index (χ1) is 3.39. The number of piperidine rings is 1. The minimum Gasteiger partial charge on any atom is -0.412 e. The molecule has 1 aliphatic heterocycles. The highest BCUT2D eigenvalue weighted by molar-refractivity contribution is 4.62. The number of hydrogen-bond acceptors (Lipinski definition) is 1. The monoisotopic (exact) mass is 153 g/mol. The smallest absolute Gasteiger partial charge is 0.00464 e. The molecular weight excluding hydrogens is 134 g/mol. The molecule has 1 heterocycles. The van der Waals surface area contributed by atoms with Gasteiger partial charge in [-0.1, -0.05) is 6.92 Å². The van der Waals surface area contributed by atoms with Gasteiger partial charge in [0, 0.05) is 0 Å². The molecule has 0 bridgehead atoms. The average Bonchev–Trinajstić information content (AvgIpc) is 1.69. The van der Waals surface area contributed by atoms with E-state index in [-0.39, 0.29) is 16.4 Å². The molecule has 0 spiro atoms. The largest absolute Gasteiger partial charge is 0.412 e. The zero-order chi connectivity index (χ0) is 5.11. The van der Waals surface area contributed by atoms with Gasteiger partial charge in [0.25, 0.3) is 0 Å². The molecule has 0 unspecified atom stereocenters. The molecule has 66 valence electrons. The quantitative estimate of drug-likeness (QED) is 0.450. The van der Waals surface area contributed by atoms with Gasteiger partial charge < -0.3 is 21.7 Å². The van der Waals surface area contributed by atoms with Gasteiger partial charge in [0.05, 0.1) is 0 Å². The minimum absolute atomic E-state index is 0. The van der Waals surface area contributed by atoms with E-state index in [0.717, 1.165) is 5.92 Å². The predicted molar refractivity (Wildman–Crippen MR) is 42.1 cm³/mol. The van der Waals surface area contributed by atoms with Crippen LogP contribution in [0.4, 0.5) is 0 Å². The standard InChI is InChI=1S/C6H13N.3H2O/c1-6-2-4-7-5-3-6;;;/h6-7H,2-5H2,1H3;3*1H2. The van der Waals surface area contributed by atoms with E-state index in [1.165, 1.54) is 25.9 Å². The van der Waals surface area contributed by atoms with E-state index in [1.54, 1.807) is 0 Å². The molecule has 0 amide bonds. The van der Waals surface area contributed by atoms with Crippen molar-refractivity contribution in [3.8, 4) is 0 Å². The van der Waals surface area contributed by atoms with Gasteiger partial charge in [-0.2, -0.15) is 0 Å². The minimum atomic E-state index is 0. The molecule has 0 atom stereocenters. The summed E-state index contributed by atoms with van der Waals surface area (Å²) in [6.45, 7) is 4.79. The number of rotatable bonds is 0.